The van der Waals surface area contributed by atoms with Gasteiger partial charge in [-0.25, -0.2) is 9.78 Å². The quantitative estimate of drug-likeness (QED) is 0.174. The van der Waals surface area contributed by atoms with Crippen molar-refractivity contribution in [2.45, 2.75) is 5.03 Å². The molecule has 0 saturated carbocycles. The van der Waals surface area contributed by atoms with Crippen molar-refractivity contribution in [2.75, 3.05) is 5.75 Å². The smallest absolute Gasteiger partial charge is 0.347 e. The normalized spacial score (nSPS) is 10.8. The largest absolute Gasteiger partial charge is 0.464 e. The highest BCUT2D eigenvalue weighted by Crippen LogP contribution is 2.34. The third-order valence-electron chi connectivity index (χ3n) is 5.24. The Balaban J connectivity index is 1.53. The van der Waals surface area contributed by atoms with E-state index in [2.05, 4.69) is 11.1 Å². The molecule has 164 valence electrons. The van der Waals surface area contributed by atoms with Crippen molar-refractivity contribution < 1.29 is 13.6 Å². The molecule has 0 atom stereocenters. The van der Waals surface area contributed by atoms with Gasteiger partial charge in [0, 0.05) is 16.5 Å². The number of aromatic nitrogens is 1. The first-order valence-electron chi connectivity index (χ1n) is 10.4. The van der Waals surface area contributed by atoms with Crippen LogP contribution in [0.2, 0.25) is 0 Å². The molecule has 0 saturated heterocycles. The van der Waals surface area contributed by atoms with Crippen LogP contribution in [-0.4, -0.2) is 16.5 Å². The number of hydrogen-bond acceptors (Lipinski definition) is 7. The first-order chi connectivity index (χ1) is 16.6. The van der Waals surface area contributed by atoms with E-state index in [1.54, 1.807) is 42.5 Å². The highest BCUT2D eigenvalue weighted by atomic mass is 32.2. The number of benzene rings is 2. The summed E-state index contributed by atoms with van der Waals surface area (Å²) in [4.78, 5) is 30.0. The third kappa shape index (κ3) is 4.15. The molecule has 0 radical (unpaired) electrons. The summed E-state index contributed by atoms with van der Waals surface area (Å²) in [7, 11) is 0. The molecular weight excluding hydrogens is 448 g/mol. The van der Waals surface area contributed by atoms with Gasteiger partial charge in [-0.1, -0.05) is 60.3 Å². The molecule has 0 amide bonds. The number of nitriles is 1. The first-order valence-corrected chi connectivity index (χ1v) is 11.4. The lowest BCUT2D eigenvalue weighted by molar-refractivity contribution is 0.101. The number of carbonyl (C=O) groups excluding carboxylic acids is 1. The summed E-state index contributed by atoms with van der Waals surface area (Å²) in [5.41, 5.74) is 2.10. The molecule has 0 fully saturated rings. The van der Waals surface area contributed by atoms with E-state index >= 15 is 0 Å². The lowest BCUT2D eigenvalue weighted by atomic mass is 10.0. The maximum atomic E-state index is 12.9. The molecule has 0 aliphatic carbocycles. The number of rotatable bonds is 6. The van der Waals surface area contributed by atoms with Crippen molar-refractivity contribution >= 4 is 28.5 Å². The minimum Gasteiger partial charge on any atom is -0.464 e. The van der Waals surface area contributed by atoms with E-state index in [9.17, 15) is 14.9 Å². The Bertz CT molecular complexity index is 1600. The van der Waals surface area contributed by atoms with E-state index in [-0.39, 0.29) is 11.3 Å². The van der Waals surface area contributed by atoms with Crippen LogP contribution in [0.3, 0.4) is 0 Å². The molecular formula is C27H16N2O4S. The molecule has 0 aliphatic heterocycles. The number of fused-ring (bicyclic) bond motifs is 1. The van der Waals surface area contributed by atoms with Crippen LogP contribution in [0, 0.1) is 11.3 Å². The van der Waals surface area contributed by atoms with E-state index in [4.69, 9.17) is 8.83 Å². The monoisotopic (exact) mass is 464 g/mol. The van der Waals surface area contributed by atoms with Crippen LogP contribution in [0.5, 0.6) is 0 Å². The molecule has 0 aliphatic rings. The Hall–Kier alpha value is -4.41. The van der Waals surface area contributed by atoms with Gasteiger partial charge in [0.1, 0.15) is 28.0 Å². The maximum Gasteiger partial charge on any atom is 0.347 e. The lowest BCUT2D eigenvalue weighted by Crippen LogP contribution is -2.15. The van der Waals surface area contributed by atoms with Crippen molar-refractivity contribution in [3.05, 3.63) is 107 Å². The molecule has 3 aromatic heterocycles. The molecule has 5 aromatic rings. The topological polar surface area (TPSA) is 97.1 Å². The fourth-order valence-corrected chi connectivity index (χ4v) is 4.47. The van der Waals surface area contributed by atoms with E-state index in [0.717, 1.165) is 17.3 Å². The van der Waals surface area contributed by atoms with Gasteiger partial charge in [0.2, 0.25) is 0 Å². The Morgan fingerprint density at radius 1 is 1.00 bits per heavy atom. The summed E-state index contributed by atoms with van der Waals surface area (Å²) in [6, 6.07) is 25.6. The molecule has 0 spiro atoms. The summed E-state index contributed by atoms with van der Waals surface area (Å²) in [6.45, 7) is 0. The molecule has 3 heterocycles. The predicted molar refractivity (Wildman–Crippen MR) is 130 cm³/mol. The average Bonchev–Trinajstić information content (AvgIpc) is 3.41. The van der Waals surface area contributed by atoms with Crippen LogP contribution in [0.1, 0.15) is 15.9 Å². The van der Waals surface area contributed by atoms with Crippen LogP contribution >= 0.6 is 11.8 Å². The fraction of sp³-hybridized carbons (Fsp3) is 0.0370. The van der Waals surface area contributed by atoms with Crippen molar-refractivity contribution in [1.29, 1.82) is 5.26 Å². The number of pyridine rings is 1. The molecule has 0 N–H and O–H groups in total. The standard InChI is InChI=1S/C27H16N2O4S/c28-15-21-19(25-11-6-12-32-25)14-22(17-7-2-1-3-8-17)29-26(21)34-16-23(30)20-13-18-9-4-5-10-24(18)33-27(20)31/h1-14H,16H2. The van der Waals surface area contributed by atoms with Gasteiger partial charge in [-0.3, -0.25) is 4.79 Å². The lowest BCUT2D eigenvalue weighted by Gasteiger charge is -2.11. The Morgan fingerprint density at radius 3 is 2.56 bits per heavy atom. The fourth-order valence-electron chi connectivity index (χ4n) is 3.59. The van der Waals surface area contributed by atoms with E-state index in [1.165, 1.54) is 12.3 Å². The SMILES string of the molecule is N#Cc1c(-c2ccco2)cc(-c2ccccc2)nc1SCC(=O)c1cc2ccccc2oc1=O. The molecule has 7 heteroatoms. The van der Waals surface area contributed by atoms with Crippen molar-refractivity contribution in [3.63, 3.8) is 0 Å². The number of nitrogens with zero attached hydrogens (tertiary/aromatic N) is 2. The zero-order valence-electron chi connectivity index (χ0n) is 17.7. The molecule has 0 bridgehead atoms. The van der Waals surface area contributed by atoms with Gasteiger partial charge in [0.05, 0.1) is 23.3 Å². The minimum absolute atomic E-state index is 0.0322. The number of hydrogen-bond donors (Lipinski definition) is 0. The minimum atomic E-state index is -0.688. The highest BCUT2D eigenvalue weighted by Gasteiger charge is 2.20. The number of carbonyl (C=O) groups is 1. The van der Waals surface area contributed by atoms with Gasteiger partial charge >= 0.3 is 5.63 Å². The van der Waals surface area contributed by atoms with Gasteiger partial charge in [-0.05, 0) is 30.3 Å². The highest BCUT2D eigenvalue weighted by molar-refractivity contribution is 8.00. The number of Topliss-reactive ketones (excluding diaryl/α,β-unsaturated/α-hetero) is 1. The molecule has 2 aromatic carbocycles. The van der Waals surface area contributed by atoms with Crippen LogP contribution in [-0.2, 0) is 0 Å². The second kappa shape index (κ2) is 9.22. The van der Waals surface area contributed by atoms with E-state index in [1.807, 2.05) is 30.3 Å². The van der Waals surface area contributed by atoms with Crippen LogP contribution in [0.4, 0.5) is 0 Å². The summed E-state index contributed by atoms with van der Waals surface area (Å²) < 4.78 is 10.8. The second-order valence-corrected chi connectivity index (χ2v) is 8.35. The molecule has 5 rings (SSSR count). The van der Waals surface area contributed by atoms with Crippen molar-refractivity contribution in [2.24, 2.45) is 0 Å². The Kier molecular flexibility index (Phi) is 5.81. The number of para-hydroxylation sites is 1. The summed E-state index contributed by atoms with van der Waals surface area (Å²) in [6.07, 6.45) is 1.54. The van der Waals surface area contributed by atoms with Crippen LogP contribution < -0.4 is 5.63 Å². The summed E-state index contributed by atoms with van der Waals surface area (Å²) >= 11 is 1.10. The van der Waals surface area contributed by atoms with Crippen molar-refractivity contribution in [3.8, 4) is 28.7 Å². The van der Waals surface area contributed by atoms with Gasteiger partial charge in [-0.2, -0.15) is 5.26 Å². The Labute approximate surface area is 198 Å². The predicted octanol–water partition coefficient (Wildman–Crippen LogP) is 5.96. The van der Waals surface area contributed by atoms with Gasteiger partial charge in [0.15, 0.2) is 5.78 Å². The zero-order valence-corrected chi connectivity index (χ0v) is 18.5. The van der Waals surface area contributed by atoms with Gasteiger partial charge in [-0.15, -0.1) is 0 Å². The van der Waals surface area contributed by atoms with Gasteiger partial charge < -0.3 is 8.83 Å². The first kappa shape index (κ1) is 21.4. The third-order valence-corrected chi connectivity index (χ3v) is 6.21. The number of furan rings is 1. The maximum absolute atomic E-state index is 12.9. The van der Waals surface area contributed by atoms with Gasteiger partial charge in [0.25, 0.3) is 0 Å². The van der Waals surface area contributed by atoms with Crippen LogP contribution in [0.25, 0.3) is 33.6 Å². The van der Waals surface area contributed by atoms with E-state index in [0.29, 0.717) is 38.6 Å². The molecule has 6 nitrogen and oxygen atoms in total. The number of thioether (sulfide) groups is 1. The average molecular weight is 465 g/mol. The zero-order chi connectivity index (χ0) is 23.5. The van der Waals surface area contributed by atoms with Crippen LogP contribution in [0.15, 0.2) is 104 Å². The summed E-state index contributed by atoms with van der Waals surface area (Å²) in [5.74, 6) is 0.0417. The van der Waals surface area contributed by atoms with E-state index < -0.39 is 11.4 Å². The van der Waals surface area contributed by atoms with Crippen molar-refractivity contribution in [1.82, 2.24) is 4.98 Å². The second-order valence-electron chi connectivity index (χ2n) is 7.39. The molecule has 34 heavy (non-hydrogen) atoms. The number of ketones is 1. The molecule has 0 unspecified atom stereocenters. The Morgan fingerprint density at radius 2 is 1.79 bits per heavy atom. The summed E-state index contributed by atoms with van der Waals surface area (Å²) in [5, 5.41) is 11.0.